The maximum absolute atomic E-state index is 11.9. The second-order valence-electron chi connectivity index (χ2n) is 6.64. The van der Waals surface area contributed by atoms with E-state index in [-0.39, 0.29) is 12.6 Å². The van der Waals surface area contributed by atoms with Crippen molar-refractivity contribution in [1.82, 2.24) is 10.6 Å². The minimum atomic E-state index is -0.889. The van der Waals surface area contributed by atoms with Crippen LogP contribution < -0.4 is 10.6 Å². The zero-order valence-electron chi connectivity index (χ0n) is 13.5. The van der Waals surface area contributed by atoms with Crippen molar-refractivity contribution in [3.05, 3.63) is 35.9 Å². The smallest absolute Gasteiger partial charge is 0.315 e. The van der Waals surface area contributed by atoms with Crippen LogP contribution in [-0.4, -0.2) is 29.3 Å². The average Bonchev–Trinajstić information content (AvgIpc) is 2.53. The van der Waals surface area contributed by atoms with Crippen LogP contribution in [0.15, 0.2) is 30.3 Å². The normalized spacial score (nSPS) is 18.5. The number of nitrogens with one attached hydrogen (secondary N) is 2. The molecule has 1 unspecified atom stereocenters. The molecule has 1 fully saturated rings. The van der Waals surface area contributed by atoms with E-state index in [1.54, 1.807) is 6.92 Å². The third-order valence-corrected chi connectivity index (χ3v) is 4.37. The highest BCUT2D eigenvalue weighted by molar-refractivity contribution is 5.74. The lowest BCUT2D eigenvalue weighted by atomic mass is 9.95. The Balaban J connectivity index is 1.68. The molecule has 3 N–H and O–H groups in total. The topological polar surface area (TPSA) is 61.4 Å². The summed E-state index contributed by atoms with van der Waals surface area (Å²) in [5.41, 5.74) is 0.314. The van der Waals surface area contributed by atoms with E-state index in [0.717, 1.165) is 19.3 Å². The molecule has 0 heterocycles. The highest BCUT2D eigenvalue weighted by atomic mass is 16.3. The van der Waals surface area contributed by atoms with Gasteiger partial charge in [0.25, 0.3) is 0 Å². The van der Waals surface area contributed by atoms with Gasteiger partial charge in [0.15, 0.2) is 0 Å². The second-order valence-corrected chi connectivity index (χ2v) is 6.64. The van der Waals surface area contributed by atoms with E-state index in [9.17, 15) is 9.90 Å². The molecule has 0 radical (unpaired) electrons. The average molecular weight is 304 g/mol. The van der Waals surface area contributed by atoms with Gasteiger partial charge in [-0.15, -0.1) is 0 Å². The summed E-state index contributed by atoms with van der Waals surface area (Å²) in [7, 11) is 0. The maximum Gasteiger partial charge on any atom is 0.315 e. The number of amides is 2. The Labute approximate surface area is 133 Å². The number of hydrogen-bond donors (Lipinski definition) is 3. The molecule has 0 bridgehead atoms. The van der Waals surface area contributed by atoms with Crippen LogP contribution in [0.4, 0.5) is 4.79 Å². The molecule has 0 spiro atoms. The van der Waals surface area contributed by atoms with Gasteiger partial charge in [-0.3, -0.25) is 0 Å². The van der Waals surface area contributed by atoms with Crippen LogP contribution in [0.1, 0.15) is 51.0 Å². The summed E-state index contributed by atoms with van der Waals surface area (Å²) in [6.07, 6.45) is 7.23. The van der Waals surface area contributed by atoms with Crippen LogP contribution in [0.2, 0.25) is 0 Å². The van der Waals surface area contributed by atoms with Gasteiger partial charge in [0.2, 0.25) is 0 Å². The van der Waals surface area contributed by atoms with Crippen molar-refractivity contribution in [2.45, 2.75) is 63.5 Å². The molecule has 2 rings (SSSR count). The zero-order chi connectivity index (χ0) is 15.8. The quantitative estimate of drug-likeness (QED) is 0.756. The molecule has 1 aliphatic rings. The van der Waals surface area contributed by atoms with E-state index in [0.29, 0.717) is 12.5 Å². The highest BCUT2D eigenvalue weighted by Gasteiger charge is 2.22. The number of carbonyl (C=O) groups is 1. The van der Waals surface area contributed by atoms with Gasteiger partial charge in [-0.2, -0.15) is 0 Å². The largest absolute Gasteiger partial charge is 0.388 e. The predicted octanol–water partition coefficient (Wildman–Crippen LogP) is 3.00. The first-order valence-corrected chi connectivity index (χ1v) is 8.36. The number of aryl methyl sites for hydroxylation is 1. The number of benzene rings is 1. The van der Waals surface area contributed by atoms with Crippen LogP contribution in [0.5, 0.6) is 0 Å². The van der Waals surface area contributed by atoms with Crippen molar-refractivity contribution in [1.29, 1.82) is 0 Å². The Morgan fingerprint density at radius 3 is 2.59 bits per heavy atom. The summed E-state index contributed by atoms with van der Waals surface area (Å²) in [4.78, 5) is 11.9. The monoisotopic (exact) mass is 304 g/mol. The second kappa shape index (κ2) is 8.18. The van der Waals surface area contributed by atoms with Gasteiger partial charge in [-0.05, 0) is 38.2 Å². The van der Waals surface area contributed by atoms with Crippen LogP contribution in [-0.2, 0) is 6.42 Å². The summed E-state index contributed by atoms with van der Waals surface area (Å²) in [5, 5.41) is 16.2. The summed E-state index contributed by atoms with van der Waals surface area (Å²) in [6, 6.07) is 10.2. The third kappa shape index (κ3) is 6.06. The summed E-state index contributed by atoms with van der Waals surface area (Å²) < 4.78 is 0. The van der Waals surface area contributed by atoms with E-state index in [1.807, 2.05) is 18.2 Å². The molecule has 1 aliphatic carbocycles. The van der Waals surface area contributed by atoms with Crippen molar-refractivity contribution in [3.63, 3.8) is 0 Å². The molecule has 1 aromatic rings. The van der Waals surface area contributed by atoms with E-state index >= 15 is 0 Å². The molecule has 0 saturated heterocycles. The molecule has 4 heteroatoms. The predicted molar refractivity (Wildman–Crippen MR) is 88.8 cm³/mol. The number of aliphatic hydroxyl groups is 1. The Morgan fingerprint density at radius 2 is 1.91 bits per heavy atom. The molecule has 2 amide bonds. The van der Waals surface area contributed by atoms with Gasteiger partial charge < -0.3 is 15.7 Å². The maximum atomic E-state index is 11.9. The van der Waals surface area contributed by atoms with Crippen LogP contribution >= 0.6 is 0 Å². The van der Waals surface area contributed by atoms with Gasteiger partial charge in [0.05, 0.1) is 5.60 Å². The summed E-state index contributed by atoms with van der Waals surface area (Å²) in [5.74, 6) is 0. The van der Waals surface area contributed by atoms with Crippen LogP contribution in [0.3, 0.4) is 0 Å². The Morgan fingerprint density at radius 1 is 1.23 bits per heavy atom. The van der Waals surface area contributed by atoms with Gasteiger partial charge in [0.1, 0.15) is 0 Å². The first-order valence-electron chi connectivity index (χ1n) is 8.36. The Kier molecular flexibility index (Phi) is 6.25. The molecule has 0 aromatic heterocycles. The van der Waals surface area contributed by atoms with Gasteiger partial charge in [0, 0.05) is 12.6 Å². The first kappa shape index (κ1) is 16.8. The van der Waals surface area contributed by atoms with Crippen LogP contribution in [0.25, 0.3) is 0 Å². The molecule has 0 aliphatic heterocycles. The standard InChI is InChI=1S/C18H28N2O2/c1-18(22,13-12-15-8-4-2-5-9-15)14-19-17(21)20-16-10-6-3-7-11-16/h2,4-5,8-9,16,22H,3,6-7,10-14H2,1H3,(H2,19,20,21). The summed E-state index contributed by atoms with van der Waals surface area (Å²) in [6.45, 7) is 2.05. The van der Waals surface area contributed by atoms with E-state index in [1.165, 1.54) is 24.8 Å². The molecule has 1 aromatic carbocycles. The van der Waals surface area contributed by atoms with Crippen molar-refractivity contribution in [2.24, 2.45) is 0 Å². The summed E-state index contributed by atoms with van der Waals surface area (Å²) >= 11 is 0. The first-order chi connectivity index (χ1) is 10.6. The SMILES string of the molecule is CC(O)(CCc1ccccc1)CNC(=O)NC1CCCCC1. The Hall–Kier alpha value is -1.55. The highest BCUT2D eigenvalue weighted by Crippen LogP contribution is 2.17. The van der Waals surface area contributed by atoms with Crippen molar-refractivity contribution in [2.75, 3.05) is 6.54 Å². The fourth-order valence-electron chi connectivity index (χ4n) is 2.90. The zero-order valence-corrected chi connectivity index (χ0v) is 13.5. The lowest BCUT2D eigenvalue weighted by molar-refractivity contribution is 0.0532. The minimum Gasteiger partial charge on any atom is -0.388 e. The van der Waals surface area contributed by atoms with E-state index in [2.05, 4.69) is 22.8 Å². The van der Waals surface area contributed by atoms with Gasteiger partial charge in [-0.25, -0.2) is 4.79 Å². The Bertz CT molecular complexity index is 453. The fourth-order valence-corrected chi connectivity index (χ4v) is 2.90. The van der Waals surface area contributed by atoms with E-state index < -0.39 is 5.60 Å². The van der Waals surface area contributed by atoms with Gasteiger partial charge in [-0.1, -0.05) is 49.6 Å². The third-order valence-electron chi connectivity index (χ3n) is 4.37. The fraction of sp³-hybridized carbons (Fsp3) is 0.611. The van der Waals surface area contributed by atoms with Crippen molar-refractivity contribution >= 4 is 6.03 Å². The lowest BCUT2D eigenvalue weighted by Gasteiger charge is -2.26. The van der Waals surface area contributed by atoms with Gasteiger partial charge >= 0.3 is 6.03 Å². The molecule has 122 valence electrons. The van der Waals surface area contributed by atoms with Crippen molar-refractivity contribution < 1.29 is 9.90 Å². The molecule has 4 nitrogen and oxygen atoms in total. The number of rotatable bonds is 6. The molecule has 1 saturated carbocycles. The number of urea groups is 1. The lowest BCUT2D eigenvalue weighted by Crippen LogP contribution is -2.48. The molecule has 22 heavy (non-hydrogen) atoms. The van der Waals surface area contributed by atoms with E-state index in [4.69, 9.17) is 0 Å². The molecule has 1 atom stereocenters. The number of hydrogen-bond acceptors (Lipinski definition) is 2. The van der Waals surface area contributed by atoms with Crippen LogP contribution in [0, 0.1) is 0 Å². The number of carbonyl (C=O) groups excluding carboxylic acids is 1. The van der Waals surface area contributed by atoms with Crippen molar-refractivity contribution in [3.8, 4) is 0 Å². The molecular weight excluding hydrogens is 276 g/mol. The molecular formula is C18H28N2O2. The minimum absolute atomic E-state index is 0.160.